The van der Waals surface area contributed by atoms with Crippen molar-refractivity contribution in [1.82, 2.24) is 9.78 Å². The molecule has 1 aromatic heterocycles. The molecule has 1 heterocycles. The molecular weight excluding hydrogens is 178 g/mol. The topological polar surface area (TPSA) is 64.1 Å². The monoisotopic (exact) mass is 197 g/mol. The molecule has 0 amide bonds. The zero-order valence-electron chi connectivity index (χ0n) is 9.01. The zero-order valence-corrected chi connectivity index (χ0v) is 9.01. The van der Waals surface area contributed by atoms with E-state index < -0.39 is 0 Å². The molecule has 4 nitrogen and oxygen atoms in total. The van der Waals surface area contributed by atoms with E-state index in [0.29, 0.717) is 5.92 Å². The Bertz CT molecular complexity index is 283. The highest BCUT2D eigenvalue weighted by molar-refractivity contribution is 4.97. The Morgan fingerprint density at radius 2 is 2.21 bits per heavy atom. The molecule has 3 N–H and O–H groups in total. The molecule has 0 aliphatic carbocycles. The lowest BCUT2D eigenvalue weighted by molar-refractivity contribution is 0.178. The Hall–Kier alpha value is -0.870. The molecule has 0 aliphatic rings. The lowest BCUT2D eigenvalue weighted by Gasteiger charge is -2.25. The van der Waals surface area contributed by atoms with Crippen LogP contribution in [0.2, 0.25) is 0 Å². The highest BCUT2D eigenvalue weighted by Gasteiger charge is 2.22. The summed E-state index contributed by atoms with van der Waals surface area (Å²) in [6.07, 6.45) is 1.86. The SMILES string of the molecule is Cc1ccn(C(CO)C(N)C(C)C)n1. The highest BCUT2D eigenvalue weighted by Crippen LogP contribution is 2.15. The van der Waals surface area contributed by atoms with Crippen LogP contribution in [-0.4, -0.2) is 27.5 Å². The number of nitrogens with two attached hydrogens (primary N) is 1. The van der Waals surface area contributed by atoms with Crippen LogP contribution in [0.15, 0.2) is 12.3 Å². The van der Waals surface area contributed by atoms with Crippen LogP contribution in [0, 0.1) is 12.8 Å². The summed E-state index contributed by atoms with van der Waals surface area (Å²) >= 11 is 0. The Balaban J connectivity index is 2.81. The van der Waals surface area contributed by atoms with Crippen molar-refractivity contribution in [1.29, 1.82) is 0 Å². The van der Waals surface area contributed by atoms with Gasteiger partial charge < -0.3 is 10.8 Å². The average Bonchev–Trinajstić information content (AvgIpc) is 2.53. The van der Waals surface area contributed by atoms with Crippen LogP contribution >= 0.6 is 0 Å². The van der Waals surface area contributed by atoms with Gasteiger partial charge in [-0.05, 0) is 18.9 Å². The first kappa shape index (κ1) is 11.2. The molecular formula is C10H19N3O. The third-order valence-electron chi connectivity index (χ3n) is 2.48. The van der Waals surface area contributed by atoms with Crippen LogP contribution in [0.1, 0.15) is 25.6 Å². The molecule has 4 heteroatoms. The molecule has 0 radical (unpaired) electrons. The van der Waals surface area contributed by atoms with Crippen molar-refractivity contribution in [3.8, 4) is 0 Å². The number of aliphatic hydroxyl groups is 1. The first-order valence-corrected chi connectivity index (χ1v) is 4.94. The van der Waals surface area contributed by atoms with Gasteiger partial charge in [-0.15, -0.1) is 0 Å². The van der Waals surface area contributed by atoms with Crippen LogP contribution in [0.5, 0.6) is 0 Å². The summed E-state index contributed by atoms with van der Waals surface area (Å²) < 4.78 is 1.75. The Morgan fingerprint density at radius 3 is 2.57 bits per heavy atom. The number of aliphatic hydroxyl groups excluding tert-OH is 1. The summed E-state index contributed by atoms with van der Waals surface area (Å²) in [5, 5.41) is 13.5. The van der Waals surface area contributed by atoms with E-state index in [1.165, 1.54) is 0 Å². The molecule has 2 atom stereocenters. The molecule has 14 heavy (non-hydrogen) atoms. The standard InChI is InChI=1S/C10H19N3O/c1-7(2)10(11)9(6-14)13-5-4-8(3)12-13/h4-5,7,9-10,14H,6,11H2,1-3H3. The predicted molar refractivity (Wildman–Crippen MR) is 55.9 cm³/mol. The molecule has 0 saturated carbocycles. The summed E-state index contributed by atoms with van der Waals surface area (Å²) in [6.45, 7) is 6.04. The summed E-state index contributed by atoms with van der Waals surface area (Å²) in [5.74, 6) is 0.330. The van der Waals surface area contributed by atoms with E-state index in [1.54, 1.807) is 4.68 Å². The Kier molecular flexibility index (Phi) is 3.66. The second-order valence-electron chi connectivity index (χ2n) is 4.01. The number of hydrogen-bond acceptors (Lipinski definition) is 3. The quantitative estimate of drug-likeness (QED) is 0.747. The van der Waals surface area contributed by atoms with Crippen molar-refractivity contribution in [2.24, 2.45) is 11.7 Å². The molecule has 0 aromatic carbocycles. The smallest absolute Gasteiger partial charge is 0.0902 e. The number of nitrogens with zero attached hydrogens (tertiary/aromatic N) is 2. The van der Waals surface area contributed by atoms with E-state index in [0.717, 1.165) is 5.69 Å². The minimum absolute atomic E-state index is 0.0282. The first-order chi connectivity index (χ1) is 6.56. The molecule has 0 aliphatic heterocycles. The normalized spacial score (nSPS) is 15.9. The molecule has 0 spiro atoms. The predicted octanol–water partition coefficient (Wildman–Crippen LogP) is 0.708. The van der Waals surface area contributed by atoms with Gasteiger partial charge in [-0.2, -0.15) is 5.10 Å². The van der Waals surface area contributed by atoms with Crippen LogP contribution in [0.4, 0.5) is 0 Å². The van der Waals surface area contributed by atoms with Gasteiger partial charge in [0.05, 0.1) is 18.3 Å². The van der Waals surface area contributed by atoms with E-state index in [1.807, 2.05) is 33.0 Å². The van der Waals surface area contributed by atoms with E-state index in [9.17, 15) is 5.11 Å². The minimum Gasteiger partial charge on any atom is -0.394 e. The summed E-state index contributed by atoms with van der Waals surface area (Å²) in [7, 11) is 0. The fourth-order valence-electron chi connectivity index (χ4n) is 1.44. The number of aromatic nitrogens is 2. The van der Waals surface area contributed by atoms with Crippen molar-refractivity contribution >= 4 is 0 Å². The van der Waals surface area contributed by atoms with Crippen LogP contribution in [0.25, 0.3) is 0 Å². The van der Waals surface area contributed by atoms with Gasteiger partial charge in [0.1, 0.15) is 0 Å². The molecule has 1 rings (SSSR count). The van der Waals surface area contributed by atoms with Crippen molar-refractivity contribution in [2.75, 3.05) is 6.61 Å². The maximum absolute atomic E-state index is 9.27. The molecule has 0 fully saturated rings. The highest BCUT2D eigenvalue weighted by atomic mass is 16.3. The van der Waals surface area contributed by atoms with Crippen LogP contribution in [-0.2, 0) is 0 Å². The van der Waals surface area contributed by atoms with Crippen molar-refractivity contribution < 1.29 is 5.11 Å². The van der Waals surface area contributed by atoms with Crippen molar-refractivity contribution in [3.05, 3.63) is 18.0 Å². The molecule has 1 aromatic rings. The fourth-order valence-corrected chi connectivity index (χ4v) is 1.44. The first-order valence-electron chi connectivity index (χ1n) is 4.94. The Labute approximate surface area is 84.7 Å². The number of aryl methyl sites for hydroxylation is 1. The lowest BCUT2D eigenvalue weighted by Crippen LogP contribution is -2.39. The van der Waals surface area contributed by atoms with Gasteiger partial charge in [-0.1, -0.05) is 13.8 Å². The van der Waals surface area contributed by atoms with Gasteiger partial charge in [-0.3, -0.25) is 4.68 Å². The van der Waals surface area contributed by atoms with Gasteiger partial charge in [0.25, 0.3) is 0 Å². The molecule has 80 valence electrons. The van der Waals surface area contributed by atoms with Crippen molar-refractivity contribution in [3.63, 3.8) is 0 Å². The molecule has 0 bridgehead atoms. The maximum Gasteiger partial charge on any atom is 0.0902 e. The summed E-state index contributed by atoms with van der Waals surface area (Å²) in [5.41, 5.74) is 6.94. The maximum atomic E-state index is 9.27. The van der Waals surface area contributed by atoms with E-state index >= 15 is 0 Å². The van der Waals surface area contributed by atoms with Gasteiger partial charge in [0, 0.05) is 12.2 Å². The molecule has 2 unspecified atom stereocenters. The lowest BCUT2D eigenvalue weighted by atomic mass is 9.98. The zero-order chi connectivity index (χ0) is 10.7. The van der Waals surface area contributed by atoms with Gasteiger partial charge in [0.2, 0.25) is 0 Å². The van der Waals surface area contributed by atoms with Crippen molar-refractivity contribution in [2.45, 2.75) is 32.9 Å². The minimum atomic E-state index is -0.122. The summed E-state index contributed by atoms with van der Waals surface area (Å²) in [6, 6.07) is 1.72. The average molecular weight is 197 g/mol. The largest absolute Gasteiger partial charge is 0.394 e. The second-order valence-corrected chi connectivity index (χ2v) is 4.01. The number of rotatable bonds is 4. The van der Waals surface area contributed by atoms with E-state index in [4.69, 9.17) is 5.73 Å². The third kappa shape index (κ3) is 2.33. The molecule has 0 saturated heterocycles. The number of hydrogen-bond donors (Lipinski definition) is 2. The van der Waals surface area contributed by atoms with Gasteiger partial charge in [0.15, 0.2) is 0 Å². The van der Waals surface area contributed by atoms with E-state index in [2.05, 4.69) is 5.10 Å². The third-order valence-corrected chi connectivity index (χ3v) is 2.48. The summed E-state index contributed by atoms with van der Waals surface area (Å²) in [4.78, 5) is 0. The van der Waals surface area contributed by atoms with Crippen LogP contribution in [0.3, 0.4) is 0 Å². The van der Waals surface area contributed by atoms with Gasteiger partial charge >= 0.3 is 0 Å². The van der Waals surface area contributed by atoms with Gasteiger partial charge in [-0.25, -0.2) is 0 Å². The fraction of sp³-hybridized carbons (Fsp3) is 0.700. The van der Waals surface area contributed by atoms with E-state index in [-0.39, 0.29) is 18.7 Å². The van der Waals surface area contributed by atoms with Crippen LogP contribution < -0.4 is 5.73 Å². The second kappa shape index (κ2) is 4.57. The Morgan fingerprint density at radius 1 is 1.57 bits per heavy atom.